The maximum atomic E-state index is 12.9. The van der Waals surface area contributed by atoms with Crippen molar-refractivity contribution in [1.29, 1.82) is 0 Å². The van der Waals surface area contributed by atoms with Crippen LogP contribution in [0.1, 0.15) is 49.0 Å². The van der Waals surface area contributed by atoms with E-state index in [-0.39, 0.29) is 10.8 Å². The predicted molar refractivity (Wildman–Crippen MR) is 91.0 cm³/mol. The van der Waals surface area contributed by atoms with Gasteiger partial charge in [0.25, 0.3) is 5.91 Å². The SMILES string of the molecule is CCCN(CC1CC1)C(=O)c1cc(S(=O)(=O)NCC)ccc1C. The van der Waals surface area contributed by atoms with Gasteiger partial charge in [-0.25, -0.2) is 13.1 Å². The molecule has 0 spiro atoms. The van der Waals surface area contributed by atoms with Gasteiger partial charge in [-0.15, -0.1) is 0 Å². The Labute approximate surface area is 139 Å². The highest BCUT2D eigenvalue weighted by molar-refractivity contribution is 7.89. The average molecular weight is 338 g/mol. The molecule has 0 atom stereocenters. The van der Waals surface area contributed by atoms with E-state index in [1.54, 1.807) is 19.1 Å². The first-order valence-electron chi connectivity index (χ1n) is 8.28. The fraction of sp³-hybridized carbons (Fsp3) is 0.588. The Morgan fingerprint density at radius 1 is 1.30 bits per heavy atom. The number of amides is 1. The molecule has 1 amide bonds. The molecular weight excluding hydrogens is 312 g/mol. The van der Waals surface area contributed by atoms with Gasteiger partial charge in [-0.2, -0.15) is 0 Å². The van der Waals surface area contributed by atoms with Crippen LogP contribution in [-0.4, -0.2) is 38.9 Å². The van der Waals surface area contributed by atoms with Crippen LogP contribution in [0.4, 0.5) is 0 Å². The maximum Gasteiger partial charge on any atom is 0.254 e. The lowest BCUT2D eigenvalue weighted by atomic mass is 10.1. The minimum atomic E-state index is -3.55. The first kappa shape index (κ1) is 17.9. The molecule has 0 bridgehead atoms. The van der Waals surface area contributed by atoms with E-state index in [9.17, 15) is 13.2 Å². The van der Waals surface area contributed by atoms with Crippen LogP contribution in [-0.2, 0) is 10.0 Å². The van der Waals surface area contributed by atoms with Crippen molar-refractivity contribution in [2.75, 3.05) is 19.6 Å². The minimum Gasteiger partial charge on any atom is -0.338 e. The van der Waals surface area contributed by atoms with Crippen LogP contribution in [0.15, 0.2) is 23.1 Å². The summed E-state index contributed by atoms with van der Waals surface area (Å²) >= 11 is 0. The molecular formula is C17H26N2O3S. The number of hydrogen-bond acceptors (Lipinski definition) is 3. The second-order valence-corrected chi connectivity index (χ2v) is 7.94. The van der Waals surface area contributed by atoms with Crippen molar-refractivity contribution in [2.45, 2.75) is 44.9 Å². The van der Waals surface area contributed by atoms with Gasteiger partial charge in [0.1, 0.15) is 0 Å². The molecule has 0 aliphatic heterocycles. The van der Waals surface area contributed by atoms with Crippen LogP contribution in [0.5, 0.6) is 0 Å². The van der Waals surface area contributed by atoms with E-state index in [0.717, 1.165) is 18.5 Å². The molecule has 1 aliphatic rings. The maximum absolute atomic E-state index is 12.9. The van der Waals surface area contributed by atoms with Crippen molar-refractivity contribution in [3.05, 3.63) is 29.3 Å². The topological polar surface area (TPSA) is 66.5 Å². The van der Waals surface area contributed by atoms with Gasteiger partial charge in [-0.1, -0.05) is 19.9 Å². The molecule has 1 N–H and O–H groups in total. The Morgan fingerprint density at radius 3 is 2.57 bits per heavy atom. The molecule has 23 heavy (non-hydrogen) atoms. The van der Waals surface area contributed by atoms with Gasteiger partial charge in [0.2, 0.25) is 10.0 Å². The second-order valence-electron chi connectivity index (χ2n) is 6.17. The van der Waals surface area contributed by atoms with E-state index in [1.807, 2.05) is 18.7 Å². The van der Waals surface area contributed by atoms with Crippen LogP contribution in [0.25, 0.3) is 0 Å². The smallest absolute Gasteiger partial charge is 0.254 e. The number of carbonyl (C=O) groups excluding carboxylic acids is 1. The van der Waals surface area contributed by atoms with Gasteiger partial charge < -0.3 is 4.90 Å². The highest BCUT2D eigenvalue weighted by Gasteiger charge is 2.28. The number of hydrogen-bond donors (Lipinski definition) is 1. The number of nitrogens with one attached hydrogen (secondary N) is 1. The van der Waals surface area contributed by atoms with E-state index in [4.69, 9.17) is 0 Å². The van der Waals surface area contributed by atoms with Crippen LogP contribution in [0, 0.1) is 12.8 Å². The zero-order valence-electron chi connectivity index (χ0n) is 14.1. The molecule has 0 heterocycles. The Kier molecular flexibility index (Phi) is 5.81. The van der Waals surface area contributed by atoms with Crippen molar-refractivity contribution in [1.82, 2.24) is 9.62 Å². The summed E-state index contributed by atoms with van der Waals surface area (Å²) in [7, 11) is -3.55. The van der Waals surface area contributed by atoms with Crippen LogP contribution in [0.2, 0.25) is 0 Å². The van der Waals surface area contributed by atoms with Crippen molar-refractivity contribution >= 4 is 15.9 Å². The lowest BCUT2D eigenvalue weighted by Gasteiger charge is -2.23. The van der Waals surface area contributed by atoms with E-state index >= 15 is 0 Å². The molecule has 1 aliphatic carbocycles. The number of aryl methyl sites for hydroxylation is 1. The van der Waals surface area contributed by atoms with Gasteiger partial charge in [-0.05, 0) is 49.8 Å². The van der Waals surface area contributed by atoms with Crippen molar-refractivity contribution in [3.8, 4) is 0 Å². The Balaban J connectivity index is 2.30. The van der Waals surface area contributed by atoms with E-state index in [2.05, 4.69) is 4.72 Å². The highest BCUT2D eigenvalue weighted by atomic mass is 32.2. The standard InChI is InChI=1S/C17H26N2O3S/c1-4-10-19(12-14-7-8-14)17(20)16-11-15(9-6-13(16)3)23(21,22)18-5-2/h6,9,11,14,18H,4-5,7-8,10,12H2,1-3H3. The number of benzene rings is 1. The first-order valence-corrected chi connectivity index (χ1v) is 9.77. The number of nitrogens with zero attached hydrogens (tertiary/aromatic N) is 1. The molecule has 1 aromatic rings. The Bertz CT molecular complexity index is 666. The van der Waals surface area contributed by atoms with Crippen LogP contribution in [0.3, 0.4) is 0 Å². The number of sulfonamides is 1. The molecule has 1 fully saturated rings. The Morgan fingerprint density at radius 2 is 2.00 bits per heavy atom. The van der Waals surface area contributed by atoms with Gasteiger partial charge in [-0.3, -0.25) is 4.79 Å². The van der Waals surface area contributed by atoms with Gasteiger partial charge in [0.15, 0.2) is 0 Å². The third-order valence-corrected chi connectivity index (χ3v) is 5.58. The third kappa shape index (κ3) is 4.54. The summed E-state index contributed by atoms with van der Waals surface area (Å²) in [6.07, 6.45) is 3.26. The summed E-state index contributed by atoms with van der Waals surface area (Å²) in [6, 6.07) is 4.76. The van der Waals surface area contributed by atoms with E-state index in [1.165, 1.54) is 18.9 Å². The predicted octanol–water partition coefficient (Wildman–Crippen LogP) is 2.56. The zero-order chi connectivity index (χ0) is 17.0. The highest BCUT2D eigenvalue weighted by Crippen LogP contribution is 2.30. The summed E-state index contributed by atoms with van der Waals surface area (Å²) in [5.74, 6) is 0.546. The van der Waals surface area contributed by atoms with Gasteiger partial charge >= 0.3 is 0 Å². The molecule has 2 rings (SSSR count). The Hall–Kier alpha value is -1.40. The van der Waals surface area contributed by atoms with Crippen LogP contribution >= 0.6 is 0 Å². The summed E-state index contributed by atoms with van der Waals surface area (Å²) in [5.41, 5.74) is 1.29. The van der Waals surface area contributed by atoms with Crippen molar-refractivity contribution in [2.24, 2.45) is 5.92 Å². The summed E-state index contributed by atoms with van der Waals surface area (Å²) in [6.45, 7) is 7.43. The molecule has 0 radical (unpaired) electrons. The summed E-state index contributed by atoms with van der Waals surface area (Å²) in [4.78, 5) is 14.9. The fourth-order valence-electron chi connectivity index (χ4n) is 2.60. The van der Waals surface area contributed by atoms with Crippen molar-refractivity contribution in [3.63, 3.8) is 0 Å². The van der Waals surface area contributed by atoms with Gasteiger partial charge in [0.05, 0.1) is 4.90 Å². The second kappa shape index (κ2) is 7.45. The number of rotatable bonds is 8. The van der Waals surface area contributed by atoms with Crippen molar-refractivity contribution < 1.29 is 13.2 Å². The fourth-order valence-corrected chi connectivity index (χ4v) is 3.67. The van der Waals surface area contributed by atoms with E-state index < -0.39 is 10.0 Å². The van der Waals surface area contributed by atoms with E-state index in [0.29, 0.717) is 24.6 Å². The molecule has 128 valence electrons. The van der Waals surface area contributed by atoms with Crippen LogP contribution < -0.4 is 4.72 Å². The summed E-state index contributed by atoms with van der Waals surface area (Å²) < 4.78 is 26.8. The lowest BCUT2D eigenvalue weighted by molar-refractivity contribution is 0.0746. The number of carbonyl (C=O) groups is 1. The molecule has 0 saturated heterocycles. The molecule has 0 unspecified atom stereocenters. The molecule has 0 aromatic heterocycles. The monoisotopic (exact) mass is 338 g/mol. The largest absolute Gasteiger partial charge is 0.338 e. The zero-order valence-corrected chi connectivity index (χ0v) is 14.9. The first-order chi connectivity index (χ1) is 10.9. The molecule has 5 nitrogen and oxygen atoms in total. The minimum absolute atomic E-state index is 0.0650. The third-order valence-electron chi connectivity index (χ3n) is 4.04. The quantitative estimate of drug-likeness (QED) is 0.792. The summed E-state index contributed by atoms with van der Waals surface area (Å²) in [5, 5.41) is 0. The molecule has 1 aromatic carbocycles. The molecule has 1 saturated carbocycles. The van der Waals surface area contributed by atoms with Gasteiger partial charge in [0, 0.05) is 25.2 Å². The normalized spacial score (nSPS) is 14.7. The molecule has 6 heteroatoms. The average Bonchev–Trinajstić information content (AvgIpc) is 3.30. The lowest BCUT2D eigenvalue weighted by Crippen LogP contribution is -2.34.